The Kier molecular flexibility index (Phi) is 3.76. The summed E-state index contributed by atoms with van der Waals surface area (Å²) in [5.41, 5.74) is -0.114. The van der Waals surface area contributed by atoms with E-state index in [0.29, 0.717) is 10.8 Å². The predicted molar refractivity (Wildman–Crippen MR) is 67.1 cm³/mol. The third kappa shape index (κ3) is 3.52. The highest BCUT2D eigenvalue weighted by Crippen LogP contribution is 2.09. The van der Waals surface area contributed by atoms with Crippen molar-refractivity contribution in [2.75, 3.05) is 5.32 Å². The first-order valence-electron chi connectivity index (χ1n) is 5.23. The number of rotatable bonds is 4. The fourth-order valence-corrected chi connectivity index (χ4v) is 1.45. The molecule has 0 atom stereocenters. The molecule has 0 aromatic carbocycles. The van der Waals surface area contributed by atoms with E-state index in [4.69, 9.17) is 16.7 Å². The number of carbonyl (C=O) groups excluding carboxylic acids is 1. The minimum Gasteiger partial charge on any atom is -0.476 e. The summed E-state index contributed by atoms with van der Waals surface area (Å²) < 4.78 is 1.23. The molecule has 2 aromatic rings. The molecule has 19 heavy (non-hydrogen) atoms. The summed E-state index contributed by atoms with van der Waals surface area (Å²) in [6.07, 6.45) is 2.83. The summed E-state index contributed by atoms with van der Waals surface area (Å²) in [6, 6.07) is 4.47. The van der Waals surface area contributed by atoms with Gasteiger partial charge in [0.15, 0.2) is 5.69 Å². The predicted octanol–water partition coefficient (Wildman–Crippen LogP) is 1.27. The van der Waals surface area contributed by atoms with E-state index in [0.717, 1.165) is 0 Å². The van der Waals surface area contributed by atoms with Crippen LogP contribution in [0, 0.1) is 0 Å². The highest BCUT2D eigenvalue weighted by molar-refractivity contribution is 6.30. The number of amides is 1. The molecule has 98 valence electrons. The van der Waals surface area contributed by atoms with Crippen LogP contribution in [0.3, 0.4) is 0 Å². The smallest absolute Gasteiger partial charge is 0.356 e. The number of hydrogen-bond acceptors (Lipinski definition) is 4. The lowest BCUT2D eigenvalue weighted by Gasteiger charge is -2.04. The Labute approximate surface area is 112 Å². The van der Waals surface area contributed by atoms with E-state index in [2.05, 4.69) is 15.4 Å². The number of hydrogen-bond donors (Lipinski definition) is 2. The Morgan fingerprint density at radius 3 is 2.74 bits per heavy atom. The maximum Gasteiger partial charge on any atom is 0.356 e. The average Bonchev–Trinajstić information content (AvgIpc) is 2.80. The SMILES string of the molecule is O=C(Cn1ccc(C(=O)O)n1)Nc1ccc(Cl)cn1. The van der Waals surface area contributed by atoms with Gasteiger partial charge >= 0.3 is 5.97 Å². The van der Waals surface area contributed by atoms with Crippen molar-refractivity contribution in [3.05, 3.63) is 41.3 Å². The lowest BCUT2D eigenvalue weighted by Crippen LogP contribution is -2.20. The summed E-state index contributed by atoms with van der Waals surface area (Å²) in [7, 11) is 0. The van der Waals surface area contributed by atoms with Gasteiger partial charge in [-0.2, -0.15) is 5.10 Å². The highest BCUT2D eigenvalue weighted by atomic mass is 35.5. The van der Waals surface area contributed by atoms with Crippen LogP contribution < -0.4 is 5.32 Å². The first-order chi connectivity index (χ1) is 9.04. The van der Waals surface area contributed by atoms with Gasteiger partial charge in [0.1, 0.15) is 12.4 Å². The third-order valence-corrected chi connectivity index (χ3v) is 2.38. The van der Waals surface area contributed by atoms with Gasteiger partial charge in [0.05, 0.1) is 5.02 Å². The lowest BCUT2D eigenvalue weighted by atomic mass is 10.4. The van der Waals surface area contributed by atoms with Gasteiger partial charge in [0.25, 0.3) is 0 Å². The quantitative estimate of drug-likeness (QED) is 0.879. The first-order valence-corrected chi connectivity index (χ1v) is 5.60. The number of pyridine rings is 1. The molecule has 0 aliphatic rings. The average molecular weight is 281 g/mol. The molecule has 0 radical (unpaired) electrons. The molecule has 0 aliphatic heterocycles. The number of halogens is 1. The first kappa shape index (κ1) is 13.0. The van der Waals surface area contributed by atoms with Gasteiger partial charge in [-0.15, -0.1) is 0 Å². The minimum atomic E-state index is -1.14. The van der Waals surface area contributed by atoms with E-state index < -0.39 is 5.97 Å². The van der Waals surface area contributed by atoms with Crippen LogP contribution in [0.25, 0.3) is 0 Å². The topological polar surface area (TPSA) is 97.1 Å². The fraction of sp³-hybridized carbons (Fsp3) is 0.0909. The Morgan fingerprint density at radius 1 is 1.37 bits per heavy atom. The minimum absolute atomic E-state index is 0.0996. The standard InChI is InChI=1S/C11H9ClN4O3/c12-7-1-2-9(13-5-7)14-10(17)6-16-4-3-8(15-16)11(18)19/h1-5H,6H2,(H,18,19)(H,13,14,17). The van der Waals surface area contributed by atoms with Gasteiger partial charge in [-0.05, 0) is 18.2 Å². The molecule has 2 N–H and O–H groups in total. The number of aromatic carboxylic acids is 1. The number of nitrogens with zero attached hydrogens (tertiary/aromatic N) is 3. The van der Waals surface area contributed by atoms with Crippen molar-refractivity contribution in [2.45, 2.75) is 6.54 Å². The zero-order valence-corrected chi connectivity index (χ0v) is 10.3. The lowest BCUT2D eigenvalue weighted by molar-refractivity contribution is -0.116. The molecule has 0 aliphatic carbocycles. The van der Waals surface area contributed by atoms with E-state index in [1.165, 1.54) is 23.1 Å². The van der Waals surface area contributed by atoms with Gasteiger partial charge in [0.2, 0.25) is 5.91 Å². The molecular formula is C11H9ClN4O3. The van der Waals surface area contributed by atoms with Crippen LogP contribution in [0.1, 0.15) is 10.5 Å². The van der Waals surface area contributed by atoms with Gasteiger partial charge in [-0.3, -0.25) is 9.48 Å². The van der Waals surface area contributed by atoms with Crippen LogP contribution >= 0.6 is 11.6 Å². The monoisotopic (exact) mass is 280 g/mol. The Hall–Kier alpha value is -2.41. The summed E-state index contributed by atoms with van der Waals surface area (Å²) in [4.78, 5) is 26.2. The second-order valence-electron chi connectivity index (χ2n) is 3.61. The van der Waals surface area contributed by atoms with Crippen molar-refractivity contribution < 1.29 is 14.7 Å². The summed E-state index contributed by atoms with van der Waals surface area (Å²) in [6.45, 7) is -0.0996. The molecule has 0 bridgehead atoms. The number of carboxylic acids is 1. The summed E-state index contributed by atoms with van der Waals surface area (Å²) in [5.74, 6) is -1.14. The maximum atomic E-state index is 11.7. The zero-order chi connectivity index (χ0) is 13.8. The Balaban J connectivity index is 1.97. The second kappa shape index (κ2) is 5.49. The number of aromatic nitrogens is 3. The van der Waals surface area contributed by atoms with E-state index in [1.54, 1.807) is 12.1 Å². The summed E-state index contributed by atoms with van der Waals surface area (Å²) in [5, 5.41) is 15.4. The van der Waals surface area contributed by atoms with E-state index >= 15 is 0 Å². The largest absolute Gasteiger partial charge is 0.476 e. The Bertz CT molecular complexity index is 609. The highest BCUT2D eigenvalue weighted by Gasteiger charge is 2.09. The van der Waals surface area contributed by atoms with Crippen molar-refractivity contribution >= 4 is 29.3 Å². The van der Waals surface area contributed by atoms with Gasteiger partial charge in [-0.25, -0.2) is 9.78 Å². The molecule has 1 amide bonds. The van der Waals surface area contributed by atoms with Crippen LogP contribution in [0.5, 0.6) is 0 Å². The van der Waals surface area contributed by atoms with Crippen molar-refractivity contribution in [3.63, 3.8) is 0 Å². The van der Waals surface area contributed by atoms with E-state index in [9.17, 15) is 9.59 Å². The molecule has 2 heterocycles. The van der Waals surface area contributed by atoms with Crippen LogP contribution in [0.4, 0.5) is 5.82 Å². The molecule has 0 spiro atoms. The number of carboxylic acid groups (broad SMARTS) is 1. The maximum absolute atomic E-state index is 11.7. The van der Waals surface area contributed by atoms with Crippen LogP contribution in [0.2, 0.25) is 5.02 Å². The second-order valence-corrected chi connectivity index (χ2v) is 4.05. The van der Waals surface area contributed by atoms with Crippen LogP contribution in [-0.4, -0.2) is 31.7 Å². The van der Waals surface area contributed by atoms with Crippen LogP contribution in [-0.2, 0) is 11.3 Å². The molecule has 0 saturated heterocycles. The Morgan fingerprint density at radius 2 is 2.16 bits per heavy atom. The number of nitrogens with one attached hydrogen (secondary N) is 1. The van der Waals surface area contributed by atoms with Gasteiger partial charge < -0.3 is 10.4 Å². The van der Waals surface area contributed by atoms with E-state index in [-0.39, 0.29) is 18.1 Å². The normalized spacial score (nSPS) is 10.2. The van der Waals surface area contributed by atoms with Crippen LogP contribution in [0.15, 0.2) is 30.6 Å². The molecule has 8 heteroatoms. The van der Waals surface area contributed by atoms with Gasteiger partial charge in [0, 0.05) is 12.4 Å². The molecule has 0 unspecified atom stereocenters. The molecule has 0 fully saturated rings. The van der Waals surface area contributed by atoms with Crippen molar-refractivity contribution in [1.29, 1.82) is 0 Å². The summed E-state index contributed by atoms with van der Waals surface area (Å²) >= 11 is 5.67. The molecule has 2 aromatic heterocycles. The van der Waals surface area contributed by atoms with E-state index in [1.807, 2.05) is 0 Å². The molecule has 0 saturated carbocycles. The molecule has 2 rings (SSSR count). The fourth-order valence-electron chi connectivity index (χ4n) is 1.34. The van der Waals surface area contributed by atoms with Crippen molar-refractivity contribution in [2.24, 2.45) is 0 Å². The van der Waals surface area contributed by atoms with Crippen molar-refractivity contribution in [1.82, 2.24) is 14.8 Å². The molecule has 7 nitrogen and oxygen atoms in total. The van der Waals surface area contributed by atoms with Gasteiger partial charge in [-0.1, -0.05) is 11.6 Å². The van der Waals surface area contributed by atoms with Crippen molar-refractivity contribution in [3.8, 4) is 0 Å². The zero-order valence-electron chi connectivity index (χ0n) is 9.58. The molecular weight excluding hydrogens is 272 g/mol. The number of anilines is 1. The third-order valence-electron chi connectivity index (χ3n) is 2.16. The number of carbonyl (C=O) groups is 2.